The Balaban J connectivity index is 2.32. The number of nitrogens with two attached hydrogens (primary N) is 1. The van der Waals surface area contributed by atoms with Crippen LogP contribution in [0, 0.1) is 0 Å². The molecule has 16 heavy (non-hydrogen) atoms. The summed E-state index contributed by atoms with van der Waals surface area (Å²) < 4.78 is 2.90. The van der Waals surface area contributed by atoms with Gasteiger partial charge in [-0.15, -0.1) is 21.5 Å². The summed E-state index contributed by atoms with van der Waals surface area (Å²) in [4.78, 5) is 0. The number of anilines is 1. The second-order valence-corrected chi connectivity index (χ2v) is 5.16. The van der Waals surface area contributed by atoms with Gasteiger partial charge in [-0.2, -0.15) is 0 Å². The van der Waals surface area contributed by atoms with Crippen LogP contribution in [0.25, 0.3) is 17.0 Å². The van der Waals surface area contributed by atoms with Crippen molar-refractivity contribution < 1.29 is 0 Å². The molecule has 0 saturated heterocycles. The van der Waals surface area contributed by atoms with Gasteiger partial charge in [-0.1, -0.05) is 0 Å². The molecule has 0 unspecified atom stereocenters. The third-order valence-electron chi connectivity index (χ3n) is 2.30. The number of pyridine rings is 1. The molecule has 3 aromatic heterocycles. The first-order chi connectivity index (χ1) is 7.75. The number of halogens is 1. The Bertz CT molecular complexity index is 658. The third kappa shape index (κ3) is 1.42. The van der Waals surface area contributed by atoms with Gasteiger partial charge in [-0.05, 0) is 39.5 Å². The summed E-state index contributed by atoms with van der Waals surface area (Å²) in [7, 11) is 0. The Morgan fingerprint density at radius 3 is 2.88 bits per heavy atom. The highest BCUT2D eigenvalue weighted by Crippen LogP contribution is 2.29. The third-order valence-corrected chi connectivity index (χ3v) is 3.52. The van der Waals surface area contributed by atoms with Gasteiger partial charge in [0.2, 0.25) is 0 Å². The molecule has 3 heterocycles. The van der Waals surface area contributed by atoms with Crippen LogP contribution in [0.4, 0.5) is 5.00 Å². The molecule has 3 aromatic rings. The smallest absolute Gasteiger partial charge is 0.171 e. The normalized spacial score (nSPS) is 11.1. The van der Waals surface area contributed by atoms with Crippen molar-refractivity contribution in [2.24, 2.45) is 0 Å². The molecule has 0 aliphatic heterocycles. The predicted octanol–water partition coefficient (Wildman–Crippen LogP) is 2.80. The maximum atomic E-state index is 5.89. The molecular weight excluding hydrogens is 288 g/mol. The largest absolute Gasteiger partial charge is 0.390 e. The van der Waals surface area contributed by atoms with Crippen LogP contribution in [0.5, 0.6) is 0 Å². The molecular formula is C10H7BrN4S. The number of hydrogen-bond donors (Lipinski definition) is 1. The minimum absolute atomic E-state index is 0.759. The Morgan fingerprint density at radius 2 is 2.12 bits per heavy atom. The van der Waals surface area contributed by atoms with E-state index in [-0.39, 0.29) is 0 Å². The molecule has 0 spiro atoms. The Morgan fingerprint density at radius 1 is 1.25 bits per heavy atom. The quantitative estimate of drug-likeness (QED) is 0.751. The first-order valence-electron chi connectivity index (χ1n) is 4.59. The second kappa shape index (κ2) is 3.57. The van der Waals surface area contributed by atoms with E-state index in [1.54, 1.807) is 0 Å². The van der Waals surface area contributed by atoms with Crippen LogP contribution in [0.3, 0.4) is 0 Å². The topological polar surface area (TPSA) is 56.2 Å². The fourth-order valence-electron chi connectivity index (χ4n) is 1.55. The summed E-state index contributed by atoms with van der Waals surface area (Å²) in [6, 6.07) is 5.80. The predicted molar refractivity (Wildman–Crippen MR) is 68.4 cm³/mol. The van der Waals surface area contributed by atoms with Crippen LogP contribution in [0.15, 0.2) is 34.2 Å². The van der Waals surface area contributed by atoms with Crippen molar-refractivity contribution in [2.75, 3.05) is 5.73 Å². The average molecular weight is 295 g/mol. The van der Waals surface area contributed by atoms with E-state index in [4.69, 9.17) is 5.73 Å². The average Bonchev–Trinajstić information content (AvgIpc) is 2.83. The van der Waals surface area contributed by atoms with Crippen molar-refractivity contribution in [3.63, 3.8) is 0 Å². The number of thiophene rings is 1. The van der Waals surface area contributed by atoms with E-state index < -0.39 is 0 Å². The fraction of sp³-hybridized carbons (Fsp3) is 0. The summed E-state index contributed by atoms with van der Waals surface area (Å²) in [5, 5.41) is 11.0. The molecule has 0 aromatic carbocycles. The summed E-state index contributed by atoms with van der Waals surface area (Å²) >= 11 is 4.93. The van der Waals surface area contributed by atoms with Gasteiger partial charge in [0.1, 0.15) is 0 Å². The van der Waals surface area contributed by atoms with E-state index in [0.29, 0.717) is 0 Å². The van der Waals surface area contributed by atoms with E-state index in [9.17, 15) is 0 Å². The molecule has 4 nitrogen and oxygen atoms in total. The minimum atomic E-state index is 0.759. The molecule has 0 atom stereocenters. The lowest BCUT2D eigenvalue weighted by Crippen LogP contribution is -1.91. The van der Waals surface area contributed by atoms with E-state index in [1.165, 1.54) is 11.3 Å². The fourth-order valence-corrected chi connectivity index (χ4v) is 2.53. The highest BCUT2D eigenvalue weighted by molar-refractivity contribution is 9.10. The lowest BCUT2D eigenvalue weighted by molar-refractivity contribution is 1.11. The number of fused-ring (bicyclic) bond motifs is 1. The van der Waals surface area contributed by atoms with Crippen molar-refractivity contribution in [1.82, 2.24) is 14.6 Å². The van der Waals surface area contributed by atoms with Gasteiger partial charge in [-0.3, -0.25) is 4.40 Å². The Labute approximate surface area is 104 Å². The molecule has 0 aliphatic rings. The van der Waals surface area contributed by atoms with Gasteiger partial charge in [0, 0.05) is 10.7 Å². The summed E-state index contributed by atoms with van der Waals surface area (Å²) in [5.74, 6) is 0.773. The Hall–Kier alpha value is -1.40. The number of aromatic nitrogens is 3. The first-order valence-corrected chi connectivity index (χ1v) is 6.26. The molecule has 0 bridgehead atoms. The van der Waals surface area contributed by atoms with E-state index in [1.807, 2.05) is 34.2 Å². The standard InChI is InChI=1S/C10H7BrN4S/c11-6-1-2-8-13-14-10(15(8)5-6)7-3-4-16-9(7)12/h1-5H,12H2. The maximum Gasteiger partial charge on any atom is 0.171 e. The Kier molecular flexibility index (Phi) is 2.19. The molecule has 2 N–H and O–H groups in total. The number of hydrogen-bond acceptors (Lipinski definition) is 4. The molecule has 0 amide bonds. The zero-order valence-electron chi connectivity index (χ0n) is 8.09. The van der Waals surface area contributed by atoms with Crippen LogP contribution in [0.2, 0.25) is 0 Å². The molecule has 0 fully saturated rings. The number of nitrogen functional groups attached to an aromatic ring is 1. The van der Waals surface area contributed by atoms with Crippen molar-refractivity contribution in [3.05, 3.63) is 34.2 Å². The van der Waals surface area contributed by atoms with E-state index in [0.717, 1.165) is 26.5 Å². The van der Waals surface area contributed by atoms with Crippen LogP contribution in [0.1, 0.15) is 0 Å². The highest BCUT2D eigenvalue weighted by Gasteiger charge is 2.11. The summed E-state index contributed by atoms with van der Waals surface area (Å²) in [6.45, 7) is 0. The molecule has 0 aliphatic carbocycles. The maximum absolute atomic E-state index is 5.89. The minimum Gasteiger partial charge on any atom is -0.390 e. The van der Waals surface area contributed by atoms with Gasteiger partial charge >= 0.3 is 0 Å². The molecule has 0 radical (unpaired) electrons. The van der Waals surface area contributed by atoms with Gasteiger partial charge in [0.15, 0.2) is 11.5 Å². The van der Waals surface area contributed by atoms with Crippen LogP contribution in [-0.4, -0.2) is 14.6 Å². The lowest BCUT2D eigenvalue weighted by Gasteiger charge is -1.99. The first kappa shape index (κ1) is 9.80. The van der Waals surface area contributed by atoms with Gasteiger partial charge in [0.05, 0.1) is 10.6 Å². The lowest BCUT2D eigenvalue weighted by atomic mass is 10.3. The van der Waals surface area contributed by atoms with Crippen molar-refractivity contribution in [2.45, 2.75) is 0 Å². The van der Waals surface area contributed by atoms with Crippen molar-refractivity contribution >= 4 is 37.9 Å². The summed E-state index contributed by atoms with van der Waals surface area (Å²) in [6.07, 6.45) is 1.93. The molecule has 3 rings (SSSR count). The molecule has 80 valence electrons. The number of rotatable bonds is 1. The van der Waals surface area contributed by atoms with Crippen molar-refractivity contribution in [1.29, 1.82) is 0 Å². The van der Waals surface area contributed by atoms with E-state index in [2.05, 4.69) is 26.1 Å². The van der Waals surface area contributed by atoms with Crippen LogP contribution < -0.4 is 5.73 Å². The SMILES string of the molecule is Nc1sccc1-c1nnc2ccc(Br)cn12. The summed E-state index contributed by atoms with van der Waals surface area (Å²) in [5.41, 5.74) is 7.62. The van der Waals surface area contributed by atoms with Gasteiger partial charge < -0.3 is 5.73 Å². The second-order valence-electron chi connectivity index (χ2n) is 3.30. The zero-order chi connectivity index (χ0) is 11.1. The van der Waals surface area contributed by atoms with Crippen LogP contribution >= 0.6 is 27.3 Å². The van der Waals surface area contributed by atoms with Gasteiger partial charge in [-0.25, -0.2) is 0 Å². The van der Waals surface area contributed by atoms with Crippen molar-refractivity contribution in [3.8, 4) is 11.4 Å². The van der Waals surface area contributed by atoms with Gasteiger partial charge in [0.25, 0.3) is 0 Å². The number of nitrogens with zero attached hydrogens (tertiary/aromatic N) is 3. The molecule has 6 heteroatoms. The van der Waals surface area contributed by atoms with E-state index >= 15 is 0 Å². The molecule has 0 saturated carbocycles. The monoisotopic (exact) mass is 294 g/mol. The highest BCUT2D eigenvalue weighted by atomic mass is 79.9. The zero-order valence-corrected chi connectivity index (χ0v) is 10.5. The van der Waals surface area contributed by atoms with Crippen LogP contribution in [-0.2, 0) is 0 Å².